The van der Waals surface area contributed by atoms with Gasteiger partial charge in [-0.05, 0) is 12.5 Å². The van der Waals surface area contributed by atoms with Gasteiger partial charge in [-0.15, -0.1) is 0 Å². The molecule has 0 aliphatic carbocycles. The maximum absolute atomic E-state index is 5.42. The van der Waals surface area contributed by atoms with E-state index in [1.165, 1.54) is 6.42 Å². The average molecular weight is 241 g/mol. The van der Waals surface area contributed by atoms with Crippen molar-refractivity contribution in [1.29, 1.82) is 0 Å². The molecule has 4 nitrogen and oxygen atoms in total. The van der Waals surface area contributed by atoms with Gasteiger partial charge < -0.3 is 19.2 Å². The van der Waals surface area contributed by atoms with Crippen molar-refractivity contribution >= 4 is 0 Å². The second-order valence-corrected chi connectivity index (χ2v) is 3.89. The van der Waals surface area contributed by atoms with Crippen molar-refractivity contribution in [2.24, 2.45) is 0 Å². The monoisotopic (exact) mass is 241 g/mol. The van der Waals surface area contributed by atoms with Gasteiger partial charge in [0.1, 0.15) is 0 Å². The van der Waals surface area contributed by atoms with E-state index in [1.54, 1.807) is 12.5 Å². The molecule has 0 fully saturated rings. The lowest BCUT2D eigenvalue weighted by molar-refractivity contribution is 0.0477. The van der Waals surface area contributed by atoms with Crippen LogP contribution < -0.4 is 5.32 Å². The van der Waals surface area contributed by atoms with Crippen molar-refractivity contribution in [2.45, 2.75) is 26.3 Å². The van der Waals surface area contributed by atoms with Gasteiger partial charge in [-0.3, -0.25) is 0 Å². The minimum Gasteiger partial charge on any atom is -0.472 e. The summed E-state index contributed by atoms with van der Waals surface area (Å²) < 4.78 is 15.8. The van der Waals surface area contributed by atoms with E-state index in [1.807, 2.05) is 6.07 Å². The maximum Gasteiger partial charge on any atom is 0.0947 e. The van der Waals surface area contributed by atoms with Gasteiger partial charge in [-0.1, -0.05) is 13.3 Å². The summed E-state index contributed by atoms with van der Waals surface area (Å²) >= 11 is 0. The first-order valence-corrected chi connectivity index (χ1v) is 6.30. The van der Waals surface area contributed by atoms with E-state index in [0.717, 1.165) is 38.3 Å². The molecule has 0 unspecified atom stereocenters. The van der Waals surface area contributed by atoms with Crippen molar-refractivity contribution in [3.8, 4) is 0 Å². The van der Waals surface area contributed by atoms with Gasteiger partial charge >= 0.3 is 0 Å². The Morgan fingerprint density at radius 3 is 2.71 bits per heavy atom. The molecule has 0 spiro atoms. The van der Waals surface area contributed by atoms with E-state index in [2.05, 4.69) is 12.2 Å². The highest BCUT2D eigenvalue weighted by molar-refractivity contribution is 5.04. The van der Waals surface area contributed by atoms with Gasteiger partial charge in [0.25, 0.3) is 0 Å². The number of rotatable bonds is 11. The summed E-state index contributed by atoms with van der Waals surface area (Å²) in [5, 5.41) is 3.27. The Kier molecular flexibility index (Phi) is 8.64. The van der Waals surface area contributed by atoms with Gasteiger partial charge in [-0.2, -0.15) is 0 Å². The van der Waals surface area contributed by atoms with Crippen LogP contribution in [0.1, 0.15) is 25.3 Å². The van der Waals surface area contributed by atoms with Crippen LogP contribution in [-0.2, 0) is 16.0 Å². The first-order chi connectivity index (χ1) is 8.43. The number of ether oxygens (including phenoxy) is 2. The summed E-state index contributed by atoms with van der Waals surface area (Å²) in [6, 6.07) is 1.95. The lowest BCUT2D eigenvalue weighted by Crippen LogP contribution is -2.20. The lowest BCUT2D eigenvalue weighted by Gasteiger charge is -2.06. The second-order valence-electron chi connectivity index (χ2n) is 3.89. The molecule has 1 aromatic rings. The molecular weight excluding hydrogens is 218 g/mol. The predicted molar refractivity (Wildman–Crippen MR) is 67.0 cm³/mol. The van der Waals surface area contributed by atoms with E-state index in [0.29, 0.717) is 13.2 Å². The van der Waals surface area contributed by atoms with Gasteiger partial charge in [0, 0.05) is 25.3 Å². The topological polar surface area (TPSA) is 43.6 Å². The van der Waals surface area contributed by atoms with Gasteiger partial charge in [0.2, 0.25) is 0 Å². The molecule has 17 heavy (non-hydrogen) atoms. The van der Waals surface area contributed by atoms with Crippen LogP contribution in [0, 0.1) is 0 Å². The van der Waals surface area contributed by atoms with Crippen LogP contribution >= 0.6 is 0 Å². The fourth-order valence-corrected chi connectivity index (χ4v) is 1.34. The molecule has 4 heteroatoms. The third kappa shape index (κ3) is 7.96. The quantitative estimate of drug-likeness (QED) is 0.603. The van der Waals surface area contributed by atoms with Crippen LogP contribution in [0.15, 0.2) is 23.0 Å². The zero-order valence-corrected chi connectivity index (χ0v) is 10.6. The number of unbranched alkanes of at least 4 members (excludes halogenated alkanes) is 1. The highest BCUT2D eigenvalue weighted by Crippen LogP contribution is 1.97. The van der Waals surface area contributed by atoms with Crippen LogP contribution in [0.25, 0.3) is 0 Å². The van der Waals surface area contributed by atoms with E-state index >= 15 is 0 Å². The smallest absolute Gasteiger partial charge is 0.0947 e. The summed E-state index contributed by atoms with van der Waals surface area (Å²) in [5.41, 5.74) is 1.16. The summed E-state index contributed by atoms with van der Waals surface area (Å²) in [7, 11) is 0. The normalized spacial score (nSPS) is 10.9. The highest BCUT2D eigenvalue weighted by Gasteiger charge is 1.93. The summed E-state index contributed by atoms with van der Waals surface area (Å²) in [4.78, 5) is 0. The van der Waals surface area contributed by atoms with Crippen molar-refractivity contribution in [1.82, 2.24) is 5.32 Å². The Hall–Kier alpha value is -0.840. The SMILES string of the molecule is CCCCOCCOCCNCc1ccoc1. The first-order valence-electron chi connectivity index (χ1n) is 6.30. The van der Waals surface area contributed by atoms with Crippen molar-refractivity contribution in [2.75, 3.05) is 33.0 Å². The molecule has 1 heterocycles. The minimum absolute atomic E-state index is 0.678. The van der Waals surface area contributed by atoms with Crippen LogP contribution in [0.4, 0.5) is 0 Å². The molecule has 0 aliphatic rings. The third-order valence-corrected chi connectivity index (χ3v) is 2.35. The second kappa shape index (κ2) is 10.3. The molecule has 0 bridgehead atoms. The summed E-state index contributed by atoms with van der Waals surface area (Å²) in [6.07, 6.45) is 5.74. The van der Waals surface area contributed by atoms with Crippen molar-refractivity contribution in [3.05, 3.63) is 24.2 Å². The van der Waals surface area contributed by atoms with Crippen LogP contribution in [0.3, 0.4) is 0 Å². The molecular formula is C13H23NO3. The molecule has 0 saturated heterocycles. The fraction of sp³-hybridized carbons (Fsp3) is 0.692. The number of hydrogen-bond acceptors (Lipinski definition) is 4. The van der Waals surface area contributed by atoms with Gasteiger partial charge in [0.15, 0.2) is 0 Å². The Balaban J connectivity index is 1.76. The summed E-state index contributed by atoms with van der Waals surface area (Å²) in [5.74, 6) is 0. The molecule has 0 radical (unpaired) electrons. The molecule has 1 N–H and O–H groups in total. The van der Waals surface area contributed by atoms with E-state index in [4.69, 9.17) is 13.9 Å². The standard InChI is InChI=1S/C13H23NO3/c1-2-3-6-15-9-10-16-8-5-14-11-13-4-7-17-12-13/h4,7,12,14H,2-3,5-6,8-11H2,1H3. The summed E-state index contributed by atoms with van der Waals surface area (Å²) in [6.45, 7) is 6.77. The third-order valence-electron chi connectivity index (χ3n) is 2.35. The molecule has 0 atom stereocenters. The van der Waals surface area contributed by atoms with Crippen LogP contribution in [0.5, 0.6) is 0 Å². The van der Waals surface area contributed by atoms with Gasteiger partial charge in [0.05, 0.1) is 32.3 Å². The highest BCUT2D eigenvalue weighted by atomic mass is 16.5. The Morgan fingerprint density at radius 2 is 2.00 bits per heavy atom. The molecule has 1 rings (SSSR count). The van der Waals surface area contributed by atoms with E-state index < -0.39 is 0 Å². The zero-order chi connectivity index (χ0) is 12.2. The average Bonchev–Trinajstić information content (AvgIpc) is 2.85. The fourth-order valence-electron chi connectivity index (χ4n) is 1.34. The lowest BCUT2D eigenvalue weighted by atomic mass is 10.3. The largest absolute Gasteiger partial charge is 0.472 e. The molecule has 98 valence electrons. The Bertz CT molecular complexity index is 249. The number of furan rings is 1. The van der Waals surface area contributed by atoms with Gasteiger partial charge in [-0.25, -0.2) is 0 Å². The number of nitrogens with one attached hydrogen (secondary N) is 1. The van der Waals surface area contributed by atoms with Crippen LogP contribution in [-0.4, -0.2) is 33.0 Å². The minimum atomic E-state index is 0.678. The Labute approximate surface area is 103 Å². The van der Waals surface area contributed by atoms with Crippen molar-refractivity contribution in [3.63, 3.8) is 0 Å². The number of hydrogen-bond donors (Lipinski definition) is 1. The zero-order valence-electron chi connectivity index (χ0n) is 10.6. The molecule has 0 saturated carbocycles. The molecule has 0 amide bonds. The Morgan fingerprint density at radius 1 is 1.18 bits per heavy atom. The van der Waals surface area contributed by atoms with Crippen LogP contribution in [0.2, 0.25) is 0 Å². The predicted octanol–water partition coefficient (Wildman–Crippen LogP) is 2.20. The van der Waals surface area contributed by atoms with E-state index in [9.17, 15) is 0 Å². The molecule has 1 aromatic heterocycles. The maximum atomic E-state index is 5.42. The molecule has 0 aliphatic heterocycles. The van der Waals surface area contributed by atoms with E-state index in [-0.39, 0.29) is 0 Å². The molecule has 0 aromatic carbocycles. The first kappa shape index (κ1) is 14.2. The van der Waals surface area contributed by atoms with Crippen molar-refractivity contribution < 1.29 is 13.9 Å².